The highest BCUT2D eigenvalue weighted by atomic mass is 32.1. The molecule has 1 aromatic carbocycles. The highest BCUT2D eigenvalue weighted by Gasteiger charge is 2.33. The van der Waals surface area contributed by atoms with Crippen molar-refractivity contribution in [3.8, 4) is 11.5 Å². The molecule has 3 aromatic rings. The number of allylic oxidation sites excluding steroid dienone is 1. The number of hydrogen-bond acceptors (Lipinski definition) is 8. The molecule has 0 amide bonds. The van der Waals surface area contributed by atoms with Crippen LogP contribution < -0.4 is 24.4 Å². The standard InChI is InChI=1S/C23H22N2O5S2/c1-5-30-16-11-14(8-9-15(16)28-3)12-18-21(26)25-20(17-7-6-10-31-17)19(22(27)29-4)13(2)24-23(25)32-18/h6-12,20H,5H2,1-4H3. The second-order valence-corrected chi connectivity index (χ2v) is 8.92. The molecule has 7 nitrogen and oxygen atoms in total. The zero-order valence-electron chi connectivity index (χ0n) is 18.1. The molecular weight excluding hydrogens is 448 g/mol. The first-order valence-corrected chi connectivity index (χ1v) is 11.6. The number of nitrogens with zero attached hydrogens (tertiary/aromatic N) is 2. The zero-order chi connectivity index (χ0) is 22.8. The maximum atomic E-state index is 13.5. The van der Waals surface area contributed by atoms with Crippen LogP contribution in [0.3, 0.4) is 0 Å². The lowest BCUT2D eigenvalue weighted by molar-refractivity contribution is -0.136. The minimum absolute atomic E-state index is 0.213. The van der Waals surface area contributed by atoms with Crippen LogP contribution >= 0.6 is 22.7 Å². The van der Waals surface area contributed by atoms with Gasteiger partial charge < -0.3 is 14.2 Å². The van der Waals surface area contributed by atoms with E-state index >= 15 is 0 Å². The van der Waals surface area contributed by atoms with Crippen molar-refractivity contribution in [2.24, 2.45) is 4.99 Å². The zero-order valence-corrected chi connectivity index (χ0v) is 19.7. The van der Waals surface area contributed by atoms with E-state index in [4.69, 9.17) is 14.2 Å². The molecular formula is C23H22N2O5S2. The Morgan fingerprint density at radius 2 is 2.06 bits per heavy atom. The van der Waals surface area contributed by atoms with Crippen LogP contribution in [0.5, 0.6) is 11.5 Å². The Morgan fingerprint density at radius 1 is 1.25 bits per heavy atom. The number of carbonyl (C=O) groups excluding carboxylic acids is 1. The fraction of sp³-hybridized carbons (Fsp3) is 0.261. The second kappa shape index (κ2) is 9.13. The van der Waals surface area contributed by atoms with Gasteiger partial charge in [-0.15, -0.1) is 11.3 Å². The Kier molecular flexibility index (Phi) is 6.29. The number of methoxy groups -OCH3 is 2. The van der Waals surface area contributed by atoms with E-state index in [1.165, 1.54) is 29.8 Å². The van der Waals surface area contributed by atoms with E-state index in [1.54, 1.807) is 24.7 Å². The molecule has 1 aliphatic rings. The van der Waals surface area contributed by atoms with Gasteiger partial charge >= 0.3 is 5.97 Å². The molecule has 0 fully saturated rings. The molecule has 1 atom stereocenters. The molecule has 0 saturated heterocycles. The van der Waals surface area contributed by atoms with Gasteiger partial charge in [-0.1, -0.05) is 23.5 Å². The topological polar surface area (TPSA) is 79.1 Å². The minimum atomic E-state index is -0.573. The first kappa shape index (κ1) is 22.0. The molecule has 0 saturated carbocycles. The van der Waals surface area contributed by atoms with Crippen molar-refractivity contribution >= 4 is 34.7 Å². The van der Waals surface area contributed by atoms with Crippen molar-refractivity contribution in [2.45, 2.75) is 19.9 Å². The normalized spacial score (nSPS) is 15.9. The van der Waals surface area contributed by atoms with E-state index in [-0.39, 0.29) is 5.56 Å². The fourth-order valence-electron chi connectivity index (χ4n) is 3.61. The van der Waals surface area contributed by atoms with Crippen molar-refractivity contribution in [1.82, 2.24) is 4.57 Å². The number of aromatic nitrogens is 1. The maximum absolute atomic E-state index is 13.5. The Labute approximate surface area is 192 Å². The van der Waals surface area contributed by atoms with Crippen LogP contribution in [-0.2, 0) is 9.53 Å². The summed E-state index contributed by atoms with van der Waals surface area (Å²) in [5.41, 5.74) is 1.51. The third kappa shape index (κ3) is 3.89. The number of fused-ring (bicyclic) bond motifs is 1. The van der Waals surface area contributed by atoms with Gasteiger partial charge in [0.25, 0.3) is 5.56 Å². The van der Waals surface area contributed by atoms with Gasteiger partial charge in [0.1, 0.15) is 6.04 Å². The van der Waals surface area contributed by atoms with Gasteiger partial charge in [0.15, 0.2) is 16.3 Å². The SMILES string of the molecule is CCOc1cc(C=c2sc3n(c2=O)C(c2cccs2)C(C(=O)OC)=C(C)N=3)ccc1OC. The first-order chi connectivity index (χ1) is 15.5. The minimum Gasteiger partial charge on any atom is -0.493 e. The van der Waals surface area contributed by atoms with Gasteiger partial charge in [-0.25, -0.2) is 9.79 Å². The molecule has 3 heterocycles. The summed E-state index contributed by atoms with van der Waals surface area (Å²) in [7, 11) is 2.92. The van der Waals surface area contributed by atoms with E-state index in [0.29, 0.717) is 38.7 Å². The largest absolute Gasteiger partial charge is 0.493 e. The highest BCUT2D eigenvalue weighted by molar-refractivity contribution is 7.10. The number of hydrogen-bond donors (Lipinski definition) is 0. The van der Waals surface area contributed by atoms with E-state index in [1.807, 2.05) is 42.6 Å². The smallest absolute Gasteiger partial charge is 0.338 e. The predicted molar refractivity (Wildman–Crippen MR) is 124 cm³/mol. The molecule has 1 aliphatic heterocycles. The molecule has 9 heteroatoms. The highest BCUT2D eigenvalue weighted by Crippen LogP contribution is 2.33. The first-order valence-electron chi connectivity index (χ1n) is 9.93. The lowest BCUT2D eigenvalue weighted by Crippen LogP contribution is -2.39. The summed E-state index contributed by atoms with van der Waals surface area (Å²) in [6, 6.07) is 8.74. The molecule has 0 aliphatic carbocycles. The molecule has 2 aromatic heterocycles. The summed E-state index contributed by atoms with van der Waals surface area (Å²) < 4.78 is 18.1. The number of rotatable bonds is 6. The number of thiophene rings is 1. The van der Waals surface area contributed by atoms with Crippen molar-refractivity contribution in [3.05, 3.63) is 77.1 Å². The van der Waals surface area contributed by atoms with Crippen molar-refractivity contribution in [2.75, 3.05) is 20.8 Å². The average Bonchev–Trinajstić information content (AvgIpc) is 3.42. The van der Waals surface area contributed by atoms with Crippen molar-refractivity contribution in [1.29, 1.82) is 0 Å². The number of thiazole rings is 1. The molecule has 166 valence electrons. The van der Waals surface area contributed by atoms with Crippen LogP contribution in [0.25, 0.3) is 6.08 Å². The van der Waals surface area contributed by atoms with Gasteiger partial charge in [0.05, 0.1) is 36.6 Å². The molecule has 0 N–H and O–H groups in total. The number of carbonyl (C=O) groups is 1. The van der Waals surface area contributed by atoms with E-state index in [9.17, 15) is 9.59 Å². The van der Waals surface area contributed by atoms with Crippen LogP contribution in [-0.4, -0.2) is 31.4 Å². The van der Waals surface area contributed by atoms with E-state index < -0.39 is 12.0 Å². The van der Waals surface area contributed by atoms with Gasteiger partial charge in [-0.2, -0.15) is 0 Å². The summed E-state index contributed by atoms with van der Waals surface area (Å²) in [5, 5.41) is 1.92. The maximum Gasteiger partial charge on any atom is 0.338 e. The van der Waals surface area contributed by atoms with E-state index in [0.717, 1.165) is 10.4 Å². The number of benzene rings is 1. The number of esters is 1. The van der Waals surface area contributed by atoms with Crippen molar-refractivity contribution < 1.29 is 19.0 Å². The van der Waals surface area contributed by atoms with Crippen LogP contribution in [0.4, 0.5) is 0 Å². The molecule has 0 spiro atoms. The van der Waals surface area contributed by atoms with Crippen LogP contribution in [0.15, 0.2) is 56.8 Å². The molecule has 0 radical (unpaired) electrons. The predicted octanol–water partition coefficient (Wildman–Crippen LogP) is 2.88. The summed E-state index contributed by atoms with van der Waals surface area (Å²) in [6.45, 7) is 4.16. The molecule has 1 unspecified atom stereocenters. The Hall–Kier alpha value is -3.17. The third-order valence-electron chi connectivity index (χ3n) is 5.02. The van der Waals surface area contributed by atoms with E-state index in [2.05, 4.69) is 4.99 Å². The summed E-state index contributed by atoms with van der Waals surface area (Å²) >= 11 is 2.77. The van der Waals surface area contributed by atoms with Crippen LogP contribution in [0.2, 0.25) is 0 Å². The third-order valence-corrected chi connectivity index (χ3v) is 6.93. The van der Waals surface area contributed by atoms with Gasteiger partial charge in [-0.3, -0.25) is 9.36 Å². The fourth-order valence-corrected chi connectivity index (χ4v) is 5.48. The summed E-state index contributed by atoms with van der Waals surface area (Å²) in [6.07, 6.45) is 1.80. The quantitative estimate of drug-likeness (QED) is 0.518. The number of ether oxygens (including phenoxy) is 3. The van der Waals surface area contributed by atoms with Crippen molar-refractivity contribution in [3.63, 3.8) is 0 Å². The Balaban J connectivity index is 1.90. The van der Waals surface area contributed by atoms with Gasteiger partial charge in [-0.05, 0) is 49.1 Å². The van der Waals surface area contributed by atoms with Crippen LogP contribution in [0, 0.1) is 0 Å². The Bertz CT molecular complexity index is 1370. The van der Waals surface area contributed by atoms with Gasteiger partial charge in [0.2, 0.25) is 0 Å². The second-order valence-electron chi connectivity index (χ2n) is 6.93. The molecule has 4 rings (SSSR count). The van der Waals surface area contributed by atoms with Gasteiger partial charge in [0, 0.05) is 4.88 Å². The lowest BCUT2D eigenvalue weighted by Gasteiger charge is -2.22. The molecule has 0 bridgehead atoms. The summed E-state index contributed by atoms with van der Waals surface area (Å²) in [5.74, 6) is 0.744. The average molecular weight is 471 g/mol. The Morgan fingerprint density at radius 3 is 2.72 bits per heavy atom. The van der Waals surface area contributed by atoms with Crippen LogP contribution in [0.1, 0.15) is 30.3 Å². The summed E-state index contributed by atoms with van der Waals surface area (Å²) in [4.78, 5) is 32.0. The molecule has 32 heavy (non-hydrogen) atoms. The monoisotopic (exact) mass is 470 g/mol. The lowest BCUT2D eigenvalue weighted by atomic mass is 10.0.